The SMILES string of the molecule is NC(=O)OCC1C(NC(=O)/C(=N\OCc2nnn[nH]2)c2csc(N)n2)C(=O)N1S(=O)(=O)O. The van der Waals surface area contributed by atoms with Gasteiger partial charge in [0.05, 0.1) is 0 Å². The normalized spacial score (nSPS) is 18.7. The van der Waals surface area contributed by atoms with Gasteiger partial charge in [0.2, 0.25) is 0 Å². The number of β-lactam (4-membered cyclic amide) rings is 1. The molecule has 32 heavy (non-hydrogen) atoms. The molecule has 20 heteroatoms. The molecule has 3 heterocycles. The monoisotopic (exact) mass is 490 g/mol. The van der Waals surface area contributed by atoms with E-state index in [-0.39, 0.29) is 27.6 Å². The van der Waals surface area contributed by atoms with Gasteiger partial charge in [0.1, 0.15) is 24.4 Å². The van der Waals surface area contributed by atoms with Crippen molar-refractivity contribution in [3.05, 3.63) is 16.9 Å². The minimum Gasteiger partial charge on any atom is -0.447 e. The molecule has 1 fully saturated rings. The summed E-state index contributed by atoms with van der Waals surface area (Å²) in [5.41, 5.74) is 9.99. The van der Waals surface area contributed by atoms with E-state index in [0.717, 1.165) is 11.3 Å². The lowest BCUT2D eigenvalue weighted by Gasteiger charge is -2.43. The number of carbonyl (C=O) groups excluding carboxylic acids is 3. The number of nitrogens with one attached hydrogen (secondary N) is 2. The molecule has 18 nitrogen and oxygen atoms in total. The summed E-state index contributed by atoms with van der Waals surface area (Å²) in [5, 5.41) is 20.0. The van der Waals surface area contributed by atoms with Crippen molar-refractivity contribution < 1.29 is 36.9 Å². The van der Waals surface area contributed by atoms with Gasteiger partial charge in [-0.05, 0) is 10.4 Å². The summed E-state index contributed by atoms with van der Waals surface area (Å²) in [6.45, 7) is -0.978. The van der Waals surface area contributed by atoms with Gasteiger partial charge in [-0.1, -0.05) is 5.16 Å². The third kappa shape index (κ3) is 5.04. The fourth-order valence-electron chi connectivity index (χ4n) is 2.50. The Bertz CT molecular complexity index is 1150. The first-order valence-electron chi connectivity index (χ1n) is 8.25. The molecule has 2 aromatic heterocycles. The Morgan fingerprint density at radius 1 is 1.44 bits per heavy atom. The van der Waals surface area contributed by atoms with E-state index in [0.29, 0.717) is 0 Å². The topological polar surface area (TPSA) is 271 Å². The fourth-order valence-corrected chi connectivity index (χ4v) is 3.91. The van der Waals surface area contributed by atoms with E-state index in [9.17, 15) is 27.4 Å². The maximum Gasteiger partial charge on any atom is 0.404 e. The minimum absolute atomic E-state index is 0.0101. The number of anilines is 1. The molecule has 2 atom stereocenters. The number of nitrogen functional groups attached to an aromatic ring is 1. The zero-order chi connectivity index (χ0) is 23.5. The van der Waals surface area contributed by atoms with Gasteiger partial charge >= 0.3 is 16.4 Å². The molecule has 7 N–H and O–H groups in total. The van der Waals surface area contributed by atoms with Gasteiger partial charge in [-0.3, -0.25) is 14.1 Å². The average Bonchev–Trinajstić information content (AvgIpc) is 3.36. The molecule has 3 rings (SSSR count). The fraction of sp³-hybridized carbons (Fsp3) is 0.333. The van der Waals surface area contributed by atoms with Crippen LogP contribution in [0.15, 0.2) is 10.5 Å². The number of rotatable bonds is 9. The Morgan fingerprint density at radius 3 is 2.75 bits per heavy atom. The molecule has 0 bridgehead atoms. The number of hydrogen-bond donors (Lipinski definition) is 5. The van der Waals surface area contributed by atoms with Gasteiger partial charge < -0.3 is 26.4 Å². The number of primary amides is 1. The van der Waals surface area contributed by atoms with Crippen molar-refractivity contribution in [1.82, 2.24) is 35.2 Å². The third-order valence-corrected chi connectivity index (χ3v) is 5.45. The van der Waals surface area contributed by atoms with E-state index < -0.39 is 52.6 Å². The summed E-state index contributed by atoms with van der Waals surface area (Å²) in [6.07, 6.45) is -1.26. The van der Waals surface area contributed by atoms with Crippen molar-refractivity contribution >= 4 is 50.4 Å². The van der Waals surface area contributed by atoms with E-state index in [1.165, 1.54) is 5.38 Å². The highest BCUT2D eigenvalue weighted by Gasteiger charge is 2.54. The molecule has 0 aliphatic carbocycles. The van der Waals surface area contributed by atoms with Crippen LogP contribution in [0, 0.1) is 0 Å². The molecule has 2 aromatic rings. The summed E-state index contributed by atoms with van der Waals surface area (Å²) in [5.74, 6) is -2.01. The molecule has 0 saturated carbocycles. The number of aromatic nitrogens is 5. The Morgan fingerprint density at radius 2 is 2.19 bits per heavy atom. The quantitative estimate of drug-likeness (QED) is 0.100. The number of aromatic amines is 1. The van der Waals surface area contributed by atoms with Gasteiger partial charge in [-0.15, -0.1) is 16.4 Å². The number of ether oxygens (including phenoxy) is 1. The zero-order valence-corrected chi connectivity index (χ0v) is 17.2. The van der Waals surface area contributed by atoms with E-state index in [1.54, 1.807) is 0 Å². The second-order valence-corrected chi connectivity index (χ2v) is 8.07. The number of oxime groups is 1. The lowest BCUT2D eigenvalue weighted by Crippen LogP contribution is -2.73. The molecule has 0 radical (unpaired) electrons. The molecule has 1 aliphatic rings. The lowest BCUT2D eigenvalue weighted by molar-refractivity contribution is -0.146. The second-order valence-electron chi connectivity index (χ2n) is 5.89. The van der Waals surface area contributed by atoms with Gasteiger partial charge in [0.15, 0.2) is 23.3 Å². The number of carbonyl (C=O) groups is 3. The Labute approximate surface area is 181 Å². The zero-order valence-electron chi connectivity index (χ0n) is 15.6. The van der Waals surface area contributed by atoms with Crippen molar-refractivity contribution in [1.29, 1.82) is 0 Å². The maximum absolute atomic E-state index is 12.8. The van der Waals surface area contributed by atoms with Gasteiger partial charge in [0.25, 0.3) is 11.8 Å². The molecular weight excluding hydrogens is 476 g/mol. The number of thiazole rings is 1. The number of nitrogens with zero attached hydrogens (tertiary/aromatic N) is 6. The van der Waals surface area contributed by atoms with Gasteiger partial charge in [-0.2, -0.15) is 8.42 Å². The van der Waals surface area contributed by atoms with Crippen LogP contribution in [-0.4, -0.2) is 85.2 Å². The Hall–Kier alpha value is -3.91. The van der Waals surface area contributed by atoms with Crippen molar-refractivity contribution in [3.8, 4) is 0 Å². The van der Waals surface area contributed by atoms with Crippen LogP contribution in [0.4, 0.5) is 9.93 Å². The molecule has 3 amide bonds. The number of amides is 3. The number of nitrogens with two attached hydrogens (primary N) is 2. The van der Waals surface area contributed by atoms with Crippen LogP contribution in [0.2, 0.25) is 0 Å². The summed E-state index contributed by atoms with van der Waals surface area (Å²) < 4.78 is 36.6. The van der Waals surface area contributed by atoms with Crippen LogP contribution >= 0.6 is 11.3 Å². The number of hydrogen-bond acceptors (Lipinski definition) is 14. The molecule has 2 unspecified atom stereocenters. The van der Waals surface area contributed by atoms with Crippen molar-refractivity contribution in [2.75, 3.05) is 12.3 Å². The number of H-pyrrole nitrogens is 1. The highest BCUT2D eigenvalue weighted by Crippen LogP contribution is 2.24. The predicted molar refractivity (Wildman–Crippen MR) is 102 cm³/mol. The molecular formula is C12H14N10O8S2. The molecule has 1 aliphatic heterocycles. The van der Waals surface area contributed by atoms with Crippen molar-refractivity contribution in [2.45, 2.75) is 18.7 Å². The first-order valence-corrected chi connectivity index (χ1v) is 10.5. The summed E-state index contributed by atoms with van der Waals surface area (Å²) in [6, 6.07) is -2.97. The van der Waals surface area contributed by atoms with Gasteiger partial charge in [0, 0.05) is 5.38 Å². The molecule has 172 valence electrons. The summed E-state index contributed by atoms with van der Waals surface area (Å²) >= 11 is 0.989. The average molecular weight is 490 g/mol. The van der Waals surface area contributed by atoms with Crippen LogP contribution in [0.3, 0.4) is 0 Å². The predicted octanol–water partition coefficient (Wildman–Crippen LogP) is -3.25. The molecule has 0 spiro atoms. The van der Waals surface area contributed by atoms with E-state index in [4.69, 9.17) is 16.3 Å². The smallest absolute Gasteiger partial charge is 0.404 e. The van der Waals surface area contributed by atoms with Crippen LogP contribution < -0.4 is 16.8 Å². The second kappa shape index (κ2) is 9.07. The first kappa shape index (κ1) is 22.8. The summed E-state index contributed by atoms with van der Waals surface area (Å²) in [4.78, 5) is 44.8. The van der Waals surface area contributed by atoms with Crippen LogP contribution in [0.5, 0.6) is 0 Å². The highest BCUT2D eigenvalue weighted by atomic mass is 32.2. The Balaban J connectivity index is 1.79. The van der Waals surface area contributed by atoms with Crippen LogP contribution in [0.25, 0.3) is 0 Å². The lowest BCUT2D eigenvalue weighted by atomic mass is 9.99. The molecule has 0 aromatic carbocycles. The van der Waals surface area contributed by atoms with E-state index >= 15 is 0 Å². The Kier molecular flexibility index (Phi) is 6.45. The first-order chi connectivity index (χ1) is 15.1. The third-order valence-electron chi connectivity index (χ3n) is 3.83. The maximum atomic E-state index is 12.8. The number of tetrazole rings is 1. The largest absolute Gasteiger partial charge is 0.447 e. The minimum atomic E-state index is -4.99. The summed E-state index contributed by atoms with van der Waals surface area (Å²) in [7, 11) is -4.99. The van der Waals surface area contributed by atoms with Crippen LogP contribution in [-0.2, 0) is 36.1 Å². The van der Waals surface area contributed by atoms with Gasteiger partial charge in [-0.25, -0.2) is 19.2 Å². The van der Waals surface area contributed by atoms with E-state index in [1.807, 2.05) is 0 Å². The standard InChI is InChI=1S/C12H14N10O8S2/c13-11-15-4(3-31-11)7(19-30-2-6-17-20-21-18-6)9(23)16-8-5(1-29-12(14)25)22(10(8)24)32(26,27)28/h3,5,8H,1-2H2,(H2,13,15)(H2,14,25)(H,16,23)(H,26,27,28)(H,17,18,20,21)/b19-7-. The van der Waals surface area contributed by atoms with E-state index in [2.05, 4.69) is 40.8 Å². The van der Waals surface area contributed by atoms with Crippen molar-refractivity contribution in [3.63, 3.8) is 0 Å². The highest BCUT2D eigenvalue weighted by molar-refractivity contribution is 7.84. The van der Waals surface area contributed by atoms with Crippen molar-refractivity contribution in [2.24, 2.45) is 10.9 Å². The molecule has 1 saturated heterocycles. The van der Waals surface area contributed by atoms with Crippen LogP contribution in [0.1, 0.15) is 11.5 Å².